The molecule has 1 atom stereocenters. The predicted molar refractivity (Wildman–Crippen MR) is 111 cm³/mol. The molecule has 0 bridgehead atoms. The molecule has 0 radical (unpaired) electrons. The van der Waals surface area contributed by atoms with Gasteiger partial charge >= 0.3 is 51.4 Å². The van der Waals surface area contributed by atoms with Gasteiger partial charge in [0.2, 0.25) is 11.0 Å². The van der Waals surface area contributed by atoms with E-state index < -0.39 is 22.5 Å². The first-order valence-corrected chi connectivity index (χ1v) is 10.4. The number of aryl methyl sites for hydroxylation is 1. The van der Waals surface area contributed by atoms with Gasteiger partial charge in [-0.25, -0.2) is 9.83 Å². The van der Waals surface area contributed by atoms with Gasteiger partial charge in [-0.1, -0.05) is 23.2 Å². The first-order chi connectivity index (χ1) is 14.1. The molecule has 0 spiro atoms. The topological polar surface area (TPSA) is 137 Å². The van der Waals surface area contributed by atoms with Crippen LogP contribution in [0.5, 0.6) is 5.88 Å². The third kappa shape index (κ3) is 5.30. The minimum absolute atomic E-state index is 0. The van der Waals surface area contributed by atoms with Crippen molar-refractivity contribution in [2.24, 2.45) is 10.2 Å². The van der Waals surface area contributed by atoms with Crippen molar-refractivity contribution in [2.45, 2.75) is 18.7 Å². The Labute approximate surface area is 234 Å². The Balaban J connectivity index is 0.00000341. The van der Waals surface area contributed by atoms with Crippen LogP contribution < -0.4 is 56.9 Å². The Morgan fingerprint density at radius 1 is 1.29 bits per heavy atom. The monoisotopic (exact) mass is 522 g/mol. The first kappa shape index (κ1) is 26.2. The first-order valence-electron chi connectivity index (χ1n) is 7.82. The molecule has 0 saturated carbocycles. The average Bonchev–Trinajstić information content (AvgIpc) is 3.09. The van der Waals surface area contributed by atoms with Crippen molar-refractivity contribution >= 4 is 62.3 Å². The summed E-state index contributed by atoms with van der Waals surface area (Å²) >= 11 is 10.4. The van der Waals surface area contributed by atoms with Crippen molar-refractivity contribution in [3.63, 3.8) is 0 Å². The molecule has 15 heteroatoms. The number of hydrogen-bond donors (Lipinski definition) is 1. The zero-order chi connectivity index (χ0) is 22.2. The van der Waals surface area contributed by atoms with Crippen LogP contribution >= 0.6 is 34.7 Å². The fourth-order valence-corrected chi connectivity index (χ4v) is 4.06. The van der Waals surface area contributed by atoms with E-state index in [-0.39, 0.29) is 94.1 Å². The van der Waals surface area contributed by atoms with Crippen LogP contribution in [0.25, 0.3) is 10.5 Å². The molecule has 154 valence electrons. The molecule has 2 aromatic heterocycles. The summed E-state index contributed by atoms with van der Waals surface area (Å²) in [4.78, 5) is 20.1. The second kappa shape index (κ2) is 10.7. The molecular formula is C16H9Cl2KN6O4S2. The molecule has 1 N–H and O–H groups in total. The van der Waals surface area contributed by atoms with Crippen LogP contribution in [0.4, 0.5) is 16.5 Å². The summed E-state index contributed by atoms with van der Waals surface area (Å²) in [6.07, 6.45) is 0. The fourth-order valence-electron chi connectivity index (χ4n) is 2.46. The maximum absolute atomic E-state index is 13.1. The van der Waals surface area contributed by atoms with Gasteiger partial charge in [0.25, 0.3) is 11.2 Å². The summed E-state index contributed by atoms with van der Waals surface area (Å²) in [7, 11) is 0. The van der Waals surface area contributed by atoms with Crippen LogP contribution in [-0.4, -0.2) is 27.8 Å². The van der Waals surface area contributed by atoms with Crippen LogP contribution in [0, 0.1) is 20.4 Å². The van der Waals surface area contributed by atoms with E-state index in [1.807, 2.05) is 0 Å². The minimum Gasteiger partial charge on any atom is -0.768 e. The van der Waals surface area contributed by atoms with Crippen molar-refractivity contribution in [3.05, 3.63) is 55.3 Å². The number of rotatable bonds is 4. The van der Waals surface area contributed by atoms with Crippen molar-refractivity contribution < 1.29 is 65.3 Å². The van der Waals surface area contributed by atoms with Crippen molar-refractivity contribution in [2.75, 3.05) is 0 Å². The van der Waals surface area contributed by atoms with Crippen molar-refractivity contribution in [1.29, 1.82) is 0 Å². The molecule has 3 rings (SSSR count). The zero-order valence-corrected chi connectivity index (χ0v) is 22.4. The van der Waals surface area contributed by atoms with Crippen molar-refractivity contribution in [3.8, 4) is 11.6 Å². The Morgan fingerprint density at radius 2 is 1.97 bits per heavy atom. The van der Waals surface area contributed by atoms with E-state index in [0.717, 1.165) is 23.7 Å². The normalized spacial score (nSPS) is 11.9. The van der Waals surface area contributed by atoms with Gasteiger partial charge in [0.1, 0.15) is 11.5 Å². The Morgan fingerprint density at radius 3 is 2.52 bits per heavy atom. The Kier molecular flexibility index (Phi) is 9.05. The van der Waals surface area contributed by atoms with Gasteiger partial charge in [-0.15, -0.1) is 10.2 Å². The van der Waals surface area contributed by atoms with Crippen LogP contribution in [-0.2, 0) is 11.1 Å². The molecule has 3 aromatic rings. The van der Waals surface area contributed by atoms with Crippen LogP contribution in [0.1, 0.15) is 11.4 Å². The number of benzene rings is 1. The largest absolute Gasteiger partial charge is 1.00 e. The van der Waals surface area contributed by atoms with E-state index in [9.17, 15) is 18.7 Å². The third-order valence-corrected chi connectivity index (χ3v) is 5.94. The third-order valence-electron chi connectivity index (χ3n) is 3.83. The molecule has 31 heavy (non-hydrogen) atoms. The smallest absolute Gasteiger partial charge is 0.768 e. The van der Waals surface area contributed by atoms with Gasteiger partial charge in [0, 0.05) is 16.4 Å². The number of aromatic hydroxyl groups is 1. The summed E-state index contributed by atoms with van der Waals surface area (Å²) in [5, 5.41) is 18.1. The molecule has 0 fully saturated rings. The molecular weight excluding hydrogens is 514 g/mol. The molecule has 2 heterocycles. The van der Waals surface area contributed by atoms with Crippen LogP contribution in [0.15, 0.2) is 32.1 Å². The van der Waals surface area contributed by atoms with Gasteiger partial charge in [0.05, 0.1) is 22.3 Å². The van der Waals surface area contributed by atoms with Gasteiger partial charge in [-0.2, -0.15) is 4.37 Å². The zero-order valence-electron chi connectivity index (χ0n) is 16.1. The number of nitrogens with zero attached hydrogens (tertiary/aromatic N) is 6. The number of pyridine rings is 1. The van der Waals surface area contributed by atoms with Gasteiger partial charge in [0.15, 0.2) is 0 Å². The maximum atomic E-state index is 13.1. The van der Waals surface area contributed by atoms with E-state index in [1.54, 1.807) is 6.92 Å². The molecule has 0 aliphatic carbocycles. The second-order valence-corrected chi connectivity index (χ2v) is 8.15. The summed E-state index contributed by atoms with van der Waals surface area (Å²) in [5.41, 5.74) is -1.40. The SMILES string of the molecule is [C-]#[N+]c1c(C)c(N=Nc2nc(C)ns2)c(=O)n(-c2cc(Cl)c(S(=O)[O-])cc2Cl)c1O.[K+]. The molecule has 0 amide bonds. The van der Waals surface area contributed by atoms with Crippen LogP contribution in [0.2, 0.25) is 10.0 Å². The van der Waals surface area contributed by atoms with E-state index >= 15 is 0 Å². The number of aromatic nitrogens is 3. The molecule has 0 aliphatic heterocycles. The number of hydrogen-bond acceptors (Lipinski definition) is 9. The van der Waals surface area contributed by atoms with Gasteiger partial charge in [-0.3, -0.25) is 13.6 Å². The molecule has 10 nitrogen and oxygen atoms in total. The fraction of sp³-hybridized carbons (Fsp3) is 0.125. The van der Waals surface area contributed by atoms with Gasteiger partial charge < -0.3 is 9.66 Å². The molecule has 0 saturated heterocycles. The second-order valence-electron chi connectivity index (χ2n) is 5.69. The number of halogens is 2. The summed E-state index contributed by atoms with van der Waals surface area (Å²) in [6.45, 7) is 10.4. The summed E-state index contributed by atoms with van der Waals surface area (Å²) in [5.74, 6) is -0.222. The van der Waals surface area contributed by atoms with E-state index in [4.69, 9.17) is 29.8 Å². The summed E-state index contributed by atoms with van der Waals surface area (Å²) in [6, 6.07) is 2.12. The predicted octanol–water partition coefficient (Wildman–Crippen LogP) is 1.53. The molecule has 1 unspecified atom stereocenters. The quantitative estimate of drug-likeness (QED) is 0.238. The van der Waals surface area contributed by atoms with E-state index in [2.05, 4.69) is 24.4 Å². The summed E-state index contributed by atoms with van der Waals surface area (Å²) < 4.78 is 27.1. The van der Waals surface area contributed by atoms with E-state index in [1.165, 1.54) is 6.92 Å². The standard InChI is InChI=1S/C16H10Cl2N6O4S2.K/c1-6-12(19-3)14(25)24(10-4-9(18)11(30(27)28)5-8(10)17)15(26)13(6)21-22-16-20-7(2)23-29-16;/h4-5,25H,1-2H3,(H,27,28);/q;+1/p-1. The maximum Gasteiger partial charge on any atom is 1.00 e. The van der Waals surface area contributed by atoms with E-state index in [0.29, 0.717) is 10.4 Å². The Bertz CT molecular complexity index is 1340. The number of azo groups is 1. The average molecular weight is 523 g/mol. The minimum atomic E-state index is -2.67. The van der Waals surface area contributed by atoms with Gasteiger partial charge in [-0.05, 0) is 42.6 Å². The van der Waals surface area contributed by atoms with Crippen molar-refractivity contribution in [1.82, 2.24) is 13.9 Å². The molecule has 0 aliphatic rings. The molecule has 1 aromatic carbocycles. The Hall–Kier alpha value is -1.05. The van der Waals surface area contributed by atoms with Crippen LogP contribution in [0.3, 0.4) is 0 Å².